The van der Waals surface area contributed by atoms with Crippen molar-refractivity contribution in [3.63, 3.8) is 0 Å². The average molecular weight is 294 g/mol. The molecule has 3 rings (SSSR count). The van der Waals surface area contributed by atoms with E-state index in [1.165, 1.54) is 31.2 Å². The van der Waals surface area contributed by atoms with Gasteiger partial charge in [-0.1, -0.05) is 31.7 Å². The summed E-state index contributed by atoms with van der Waals surface area (Å²) in [5.74, 6) is 0.708. The number of rotatable bonds is 5. The molecule has 110 valence electrons. The van der Waals surface area contributed by atoms with Gasteiger partial charge in [0, 0.05) is 18.8 Å². The number of anilines is 1. The van der Waals surface area contributed by atoms with Gasteiger partial charge >= 0.3 is 0 Å². The van der Waals surface area contributed by atoms with Crippen molar-refractivity contribution < 1.29 is 8.42 Å². The Morgan fingerprint density at radius 3 is 2.85 bits per heavy atom. The van der Waals surface area contributed by atoms with E-state index >= 15 is 0 Å². The first-order valence-corrected chi connectivity index (χ1v) is 9.00. The van der Waals surface area contributed by atoms with E-state index in [-0.39, 0.29) is 0 Å². The molecule has 0 saturated heterocycles. The van der Waals surface area contributed by atoms with Crippen molar-refractivity contribution in [2.45, 2.75) is 43.4 Å². The third kappa shape index (κ3) is 2.99. The molecule has 0 atom stereocenters. The maximum Gasteiger partial charge on any atom is 0.240 e. The summed E-state index contributed by atoms with van der Waals surface area (Å²) < 4.78 is 27.3. The van der Waals surface area contributed by atoms with Gasteiger partial charge < -0.3 is 5.32 Å². The summed E-state index contributed by atoms with van der Waals surface area (Å²) in [6.07, 6.45) is 7.05. The van der Waals surface area contributed by atoms with E-state index in [1.807, 2.05) is 6.07 Å². The van der Waals surface area contributed by atoms with Gasteiger partial charge in [-0.2, -0.15) is 0 Å². The zero-order valence-electron chi connectivity index (χ0n) is 11.7. The molecule has 1 aromatic rings. The van der Waals surface area contributed by atoms with Crippen LogP contribution >= 0.6 is 0 Å². The second-order valence-corrected chi connectivity index (χ2v) is 7.60. The van der Waals surface area contributed by atoms with Crippen LogP contribution in [0.25, 0.3) is 0 Å². The van der Waals surface area contributed by atoms with Gasteiger partial charge in [-0.3, -0.25) is 0 Å². The quantitative estimate of drug-likeness (QED) is 0.877. The lowest BCUT2D eigenvalue weighted by molar-refractivity contribution is 0.495. The fourth-order valence-electron chi connectivity index (χ4n) is 3.22. The molecule has 0 radical (unpaired) electrons. The van der Waals surface area contributed by atoms with Crippen LogP contribution < -0.4 is 10.0 Å². The Balaban J connectivity index is 1.62. The minimum Gasteiger partial charge on any atom is -0.384 e. The Labute approximate surface area is 121 Å². The Kier molecular flexibility index (Phi) is 3.98. The van der Waals surface area contributed by atoms with Crippen molar-refractivity contribution in [1.29, 1.82) is 0 Å². The number of sulfonamides is 1. The molecule has 20 heavy (non-hydrogen) atoms. The van der Waals surface area contributed by atoms with E-state index in [4.69, 9.17) is 0 Å². The monoisotopic (exact) mass is 294 g/mol. The maximum atomic E-state index is 12.3. The highest BCUT2D eigenvalue weighted by molar-refractivity contribution is 7.89. The third-order valence-corrected chi connectivity index (χ3v) is 5.88. The highest BCUT2D eigenvalue weighted by Gasteiger charge is 2.19. The topological polar surface area (TPSA) is 58.2 Å². The minimum atomic E-state index is -3.36. The SMILES string of the molecule is O=S(=O)(NCCC1CCCC1)c1ccc2c(c1)NCC2. The van der Waals surface area contributed by atoms with Crippen molar-refractivity contribution in [1.82, 2.24) is 4.72 Å². The number of hydrogen-bond acceptors (Lipinski definition) is 3. The molecule has 0 bridgehead atoms. The molecular weight excluding hydrogens is 272 g/mol. The van der Waals surface area contributed by atoms with Crippen molar-refractivity contribution in [2.75, 3.05) is 18.4 Å². The predicted octanol–water partition coefficient (Wildman–Crippen LogP) is 2.51. The molecule has 0 aromatic heterocycles. The summed E-state index contributed by atoms with van der Waals surface area (Å²) >= 11 is 0. The summed E-state index contributed by atoms with van der Waals surface area (Å²) in [4.78, 5) is 0.372. The molecule has 1 aliphatic heterocycles. The standard InChI is InChI=1S/C15H22N2O2S/c18-20(19,17-10-7-12-3-1-2-4-12)14-6-5-13-8-9-16-15(13)11-14/h5-6,11-12,16-17H,1-4,7-10H2. The molecule has 1 heterocycles. The summed E-state index contributed by atoms with van der Waals surface area (Å²) in [5, 5.41) is 3.22. The zero-order chi connectivity index (χ0) is 14.0. The highest BCUT2D eigenvalue weighted by atomic mass is 32.2. The number of fused-ring (bicyclic) bond motifs is 1. The van der Waals surface area contributed by atoms with Gasteiger partial charge in [-0.25, -0.2) is 13.1 Å². The van der Waals surface area contributed by atoms with E-state index in [0.29, 0.717) is 17.4 Å². The Bertz CT molecular complexity index is 578. The van der Waals surface area contributed by atoms with Crippen LogP contribution in [0.2, 0.25) is 0 Å². The van der Waals surface area contributed by atoms with Crippen LogP contribution in [0, 0.1) is 5.92 Å². The van der Waals surface area contributed by atoms with Crippen LogP contribution in [-0.4, -0.2) is 21.5 Å². The van der Waals surface area contributed by atoms with E-state index in [1.54, 1.807) is 12.1 Å². The lowest BCUT2D eigenvalue weighted by Gasteiger charge is -2.11. The van der Waals surface area contributed by atoms with Gasteiger partial charge in [0.2, 0.25) is 10.0 Å². The largest absolute Gasteiger partial charge is 0.384 e. The third-order valence-electron chi connectivity index (χ3n) is 4.42. The second kappa shape index (κ2) is 5.74. The second-order valence-electron chi connectivity index (χ2n) is 5.83. The zero-order valence-corrected chi connectivity index (χ0v) is 12.5. The van der Waals surface area contributed by atoms with E-state index in [2.05, 4.69) is 10.0 Å². The normalized spacial score (nSPS) is 19.0. The van der Waals surface area contributed by atoms with Crippen LogP contribution in [0.15, 0.2) is 23.1 Å². The van der Waals surface area contributed by atoms with E-state index in [0.717, 1.165) is 25.1 Å². The van der Waals surface area contributed by atoms with Crippen LogP contribution in [0.1, 0.15) is 37.7 Å². The molecule has 1 fully saturated rings. The van der Waals surface area contributed by atoms with Crippen LogP contribution in [0.4, 0.5) is 5.69 Å². The van der Waals surface area contributed by atoms with Gasteiger partial charge in [-0.05, 0) is 36.5 Å². The predicted molar refractivity (Wildman–Crippen MR) is 80.4 cm³/mol. The maximum absolute atomic E-state index is 12.3. The molecule has 1 aromatic carbocycles. The minimum absolute atomic E-state index is 0.372. The first kappa shape index (κ1) is 13.9. The average Bonchev–Trinajstić information content (AvgIpc) is 3.08. The number of benzene rings is 1. The molecule has 2 aliphatic rings. The summed E-state index contributed by atoms with van der Waals surface area (Å²) in [5.41, 5.74) is 2.17. The molecule has 1 aliphatic carbocycles. The van der Waals surface area contributed by atoms with Crippen LogP contribution in [0.5, 0.6) is 0 Å². The van der Waals surface area contributed by atoms with Gasteiger partial charge in [0.1, 0.15) is 0 Å². The van der Waals surface area contributed by atoms with Gasteiger partial charge in [0.05, 0.1) is 4.90 Å². The van der Waals surface area contributed by atoms with Crippen LogP contribution in [0.3, 0.4) is 0 Å². The highest BCUT2D eigenvalue weighted by Crippen LogP contribution is 2.28. The van der Waals surface area contributed by atoms with Gasteiger partial charge in [0.25, 0.3) is 0 Å². The fourth-order valence-corrected chi connectivity index (χ4v) is 4.29. The molecule has 0 spiro atoms. The molecule has 2 N–H and O–H groups in total. The molecular formula is C15H22N2O2S. The van der Waals surface area contributed by atoms with Crippen molar-refractivity contribution in [2.24, 2.45) is 5.92 Å². The van der Waals surface area contributed by atoms with E-state index < -0.39 is 10.0 Å². The lowest BCUT2D eigenvalue weighted by Crippen LogP contribution is -2.26. The van der Waals surface area contributed by atoms with Crippen LogP contribution in [-0.2, 0) is 16.4 Å². The molecule has 0 unspecified atom stereocenters. The van der Waals surface area contributed by atoms with Gasteiger partial charge in [-0.15, -0.1) is 0 Å². The molecule has 0 amide bonds. The molecule has 1 saturated carbocycles. The Morgan fingerprint density at radius 2 is 2.05 bits per heavy atom. The van der Waals surface area contributed by atoms with Gasteiger partial charge in [0.15, 0.2) is 0 Å². The first-order valence-electron chi connectivity index (χ1n) is 7.52. The summed E-state index contributed by atoms with van der Waals surface area (Å²) in [6.45, 7) is 1.45. The Hall–Kier alpha value is -1.07. The van der Waals surface area contributed by atoms with Crippen molar-refractivity contribution in [3.05, 3.63) is 23.8 Å². The summed E-state index contributed by atoms with van der Waals surface area (Å²) in [6, 6.07) is 5.38. The number of nitrogens with one attached hydrogen (secondary N) is 2. The fraction of sp³-hybridized carbons (Fsp3) is 0.600. The van der Waals surface area contributed by atoms with E-state index in [9.17, 15) is 8.42 Å². The number of hydrogen-bond donors (Lipinski definition) is 2. The summed E-state index contributed by atoms with van der Waals surface area (Å²) in [7, 11) is -3.36. The lowest BCUT2D eigenvalue weighted by atomic mass is 10.1. The smallest absolute Gasteiger partial charge is 0.240 e. The first-order chi connectivity index (χ1) is 9.65. The molecule has 5 heteroatoms. The Morgan fingerprint density at radius 1 is 1.25 bits per heavy atom. The molecule has 4 nitrogen and oxygen atoms in total. The van der Waals surface area contributed by atoms with Crippen molar-refractivity contribution in [3.8, 4) is 0 Å². The van der Waals surface area contributed by atoms with Crippen molar-refractivity contribution >= 4 is 15.7 Å².